The van der Waals surface area contributed by atoms with Crippen LogP contribution in [-0.4, -0.2) is 24.9 Å². The van der Waals surface area contributed by atoms with Gasteiger partial charge in [-0.05, 0) is 49.9 Å². The van der Waals surface area contributed by atoms with E-state index in [1.165, 1.54) is 0 Å². The Bertz CT molecular complexity index is 679. The minimum atomic E-state index is -0.114. The van der Waals surface area contributed by atoms with Crippen LogP contribution in [-0.2, 0) is 9.59 Å². The van der Waals surface area contributed by atoms with E-state index in [1.54, 1.807) is 5.32 Å². The molecule has 0 saturated carbocycles. The van der Waals surface area contributed by atoms with E-state index in [-0.39, 0.29) is 24.9 Å². The van der Waals surface area contributed by atoms with Gasteiger partial charge in [-0.3, -0.25) is 9.59 Å². The number of quaternary nitrogens is 1. The van der Waals surface area contributed by atoms with E-state index >= 15 is 0 Å². The predicted molar refractivity (Wildman–Crippen MR) is 101 cm³/mol. The van der Waals surface area contributed by atoms with Crippen LogP contribution in [0.25, 0.3) is 0 Å². The van der Waals surface area contributed by atoms with Crippen molar-refractivity contribution in [2.75, 3.05) is 23.7 Å². The Kier molecular flexibility index (Phi) is 6.31. The van der Waals surface area contributed by atoms with E-state index < -0.39 is 0 Å². The highest BCUT2D eigenvalue weighted by molar-refractivity contribution is 5.94. The number of para-hydroxylation sites is 2. The first-order valence-corrected chi connectivity index (χ1v) is 8.42. The van der Waals surface area contributed by atoms with Crippen LogP contribution < -0.4 is 16.0 Å². The van der Waals surface area contributed by atoms with Gasteiger partial charge in [0.15, 0.2) is 13.1 Å². The van der Waals surface area contributed by atoms with Crippen molar-refractivity contribution in [3.8, 4) is 0 Å². The van der Waals surface area contributed by atoms with Gasteiger partial charge >= 0.3 is 0 Å². The normalized spacial score (nSPS) is 10.4. The molecule has 0 aliphatic rings. The summed E-state index contributed by atoms with van der Waals surface area (Å²) in [5, 5.41) is 7.54. The molecule has 5 nitrogen and oxygen atoms in total. The highest BCUT2D eigenvalue weighted by Gasteiger charge is 2.12. The second-order valence-electron chi connectivity index (χ2n) is 6.33. The molecule has 0 aliphatic heterocycles. The SMILES string of the molecule is Cc1cccc(C)c1NC(=O)C[NH2+]CC(=O)Nc1c(C)cccc1C. The second-order valence-corrected chi connectivity index (χ2v) is 6.33. The predicted octanol–water partition coefficient (Wildman–Crippen LogP) is 2.06. The summed E-state index contributed by atoms with van der Waals surface area (Å²) in [6.07, 6.45) is 0. The molecule has 0 unspecified atom stereocenters. The summed E-state index contributed by atoms with van der Waals surface area (Å²) in [7, 11) is 0. The summed E-state index contributed by atoms with van der Waals surface area (Å²) < 4.78 is 0. The molecule has 4 N–H and O–H groups in total. The lowest BCUT2D eigenvalue weighted by molar-refractivity contribution is -0.632. The van der Waals surface area contributed by atoms with E-state index in [0.29, 0.717) is 0 Å². The average molecular weight is 340 g/mol. The zero-order valence-electron chi connectivity index (χ0n) is 15.3. The summed E-state index contributed by atoms with van der Waals surface area (Å²) in [6, 6.07) is 11.8. The minimum Gasteiger partial charge on any atom is -0.331 e. The maximum Gasteiger partial charge on any atom is 0.279 e. The number of hydrogen-bond donors (Lipinski definition) is 3. The smallest absolute Gasteiger partial charge is 0.279 e. The van der Waals surface area contributed by atoms with Gasteiger partial charge < -0.3 is 16.0 Å². The lowest BCUT2D eigenvalue weighted by Gasteiger charge is -2.12. The molecule has 0 atom stereocenters. The topological polar surface area (TPSA) is 74.8 Å². The van der Waals surface area contributed by atoms with Crippen LogP contribution in [0.4, 0.5) is 11.4 Å². The van der Waals surface area contributed by atoms with Crippen LogP contribution in [0.5, 0.6) is 0 Å². The van der Waals surface area contributed by atoms with Crippen molar-refractivity contribution < 1.29 is 14.9 Å². The number of carbonyl (C=O) groups excluding carboxylic acids is 2. The molecule has 2 aromatic carbocycles. The number of hydrogen-bond acceptors (Lipinski definition) is 2. The molecular weight excluding hydrogens is 314 g/mol. The summed E-state index contributed by atoms with van der Waals surface area (Å²) >= 11 is 0. The molecule has 0 fully saturated rings. The first kappa shape index (κ1) is 18.7. The molecule has 0 bridgehead atoms. The average Bonchev–Trinajstić information content (AvgIpc) is 2.55. The van der Waals surface area contributed by atoms with Gasteiger partial charge in [-0.15, -0.1) is 0 Å². The van der Waals surface area contributed by atoms with Gasteiger partial charge in [0.25, 0.3) is 11.8 Å². The molecule has 25 heavy (non-hydrogen) atoms. The fourth-order valence-electron chi connectivity index (χ4n) is 2.74. The number of anilines is 2. The Hall–Kier alpha value is -2.66. The van der Waals surface area contributed by atoms with Crippen LogP contribution >= 0.6 is 0 Å². The third-order valence-electron chi connectivity index (χ3n) is 4.15. The Morgan fingerprint density at radius 1 is 0.720 bits per heavy atom. The molecule has 5 heteroatoms. The molecule has 132 valence electrons. The van der Waals surface area contributed by atoms with Crippen LogP contribution in [0.2, 0.25) is 0 Å². The molecule has 0 heterocycles. The maximum absolute atomic E-state index is 12.1. The van der Waals surface area contributed by atoms with E-state index in [4.69, 9.17) is 0 Å². The van der Waals surface area contributed by atoms with Crippen molar-refractivity contribution >= 4 is 23.2 Å². The second kappa shape index (κ2) is 8.44. The van der Waals surface area contributed by atoms with Crippen molar-refractivity contribution in [3.63, 3.8) is 0 Å². The molecule has 0 saturated heterocycles. The Balaban J connectivity index is 1.82. The van der Waals surface area contributed by atoms with Crippen LogP contribution in [0.1, 0.15) is 22.3 Å². The number of benzene rings is 2. The third-order valence-corrected chi connectivity index (χ3v) is 4.15. The first-order chi connectivity index (χ1) is 11.9. The van der Waals surface area contributed by atoms with Gasteiger partial charge in [-0.1, -0.05) is 36.4 Å². The number of rotatable bonds is 6. The fourth-order valence-corrected chi connectivity index (χ4v) is 2.74. The molecule has 2 amide bonds. The highest BCUT2D eigenvalue weighted by atomic mass is 16.2. The highest BCUT2D eigenvalue weighted by Crippen LogP contribution is 2.19. The van der Waals surface area contributed by atoms with Crippen molar-refractivity contribution in [1.82, 2.24) is 0 Å². The third kappa shape index (κ3) is 5.16. The first-order valence-electron chi connectivity index (χ1n) is 8.42. The quantitative estimate of drug-likeness (QED) is 0.753. The summed E-state index contributed by atoms with van der Waals surface area (Å²) in [5.74, 6) is -0.227. The summed E-state index contributed by atoms with van der Waals surface area (Å²) in [6.45, 7) is 8.26. The number of amides is 2. The van der Waals surface area contributed by atoms with Crippen molar-refractivity contribution in [2.45, 2.75) is 27.7 Å². The van der Waals surface area contributed by atoms with Crippen LogP contribution in [0, 0.1) is 27.7 Å². The number of aryl methyl sites for hydroxylation is 4. The van der Waals surface area contributed by atoms with E-state index in [0.717, 1.165) is 33.6 Å². The largest absolute Gasteiger partial charge is 0.331 e. The van der Waals surface area contributed by atoms with E-state index in [9.17, 15) is 9.59 Å². The lowest BCUT2D eigenvalue weighted by atomic mass is 10.1. The minimum absolute atomic E-state index is 0.114. The molecule has 0 spiro atoms. The molecular formula is C20H26N3O2+. The van der Waals surface area contributed by atoms with Gasteiger partial charge in [0, 0.05) is 11.4 Å². The monoisotopic (exact) mass is 340 g/mol. The number of carbonyl (C=O) groups is 2. The van der Waals surface area contributed by atoms with E-state index in [1.807, 2.05) is 64.1 Å². The molecule has 0 aliphatic carbocycles. The number of nitrogens with one attached hydrogen (secondary N) is 2. The molecule has 0 aromatic heterocycles. The fraction of sp³-hybridized carbons (Fsp3) is 0.300. The van der Waals surface area contributed by atoms with Crippen molar-refractivity contribution in [3.05, 3.63) is 58.7 Å². The van der Waals surface area contributed by atoms with Crippen molar-refractivity contribution in [2.24, 2.45) is 0 Å². The van der Waals surface area contributed by atoms with Gasteiger partial charge in [0.05, 0.1) is 0 Å². The van der Waals surface area contributed by atoms with Gasteiger partial charge in [-0.2, -0.15) is 0 Å². The zero-order valence-corrected chi connectivity index (χ0v) is 15.3. The summed E-state index contributed by atoms with van der Waals surface area (Å²) in [4.78, 5) is 24.2. The Labute approximate surface area is 148 Å². The Morgan fingerprint density at radius 2 is 1.04 bits per heavy atom. The zero-order chi connectivity index (χ0) is 18.4. The number of nitrogens with two attached hydrogens (primary N) is 1. The Morgan fingerprint density at radius 3 is 1.36 bits per heavy atom. The molecule has 2 rings (SSSR count). The van der Waals surface area contributed by atoms with Crippen LogP contribution in [0.15, 0.2) is 36.4 Å². The lowest BCUT2D eigenvalue weighted by Crippen LogP contribution is -2.88. The standard InChI is InChI=1S/C20H25N3O2/c1-13-7-5-8-14(2)19(13)22-17(24)11-21-12-18(25)23-20-15(3)9-6-10-16(20)4/h5-10,21H,11-12H2,1-4H3,(H,22,24)(H,23,25)/p+1. The van der Waals surface area contributed by atoms with E-state index in [2.05, 4.69) is 10.6 Å². The van der Waals surface area contributed by atoms with Crippen molar-refractivity contribution in [1.29, 1.82) is 0 Å². The molecule has 0 radical (unpaired) electrons. The van der Waals surface area contributed by atoms with Gasteiger partial charge in [0.1, 0.15) is 0 Å². The van der Waals surface area contributed by atoms with Gasteiger partial charge in [0.2, 0.25) is 0 Å². The maximum atomic E-state index is 12.1. The molecule has 2 aromatic rings. The van der Waals surface area contributed by atoms with Crippen LogP contribution in [0.3, 0.4) is 0 Å². The van der Waals surface area contributed by atoms with Gasteiger partial charge in [-0.25, -0.2) is 0 Å². The summed E-state index contributed by atoms with van der Waals surface area (Å²) in [5.41, 5.74) is 5.81.